The van der Waals surface area contributed by atoms with E-state index in [1.807, 2.05) is 19.9 Å². The van der Waals surface area contributed by atoms with E-state index in [0.29, 0.717) is 23.3 Å². The third-order valence-corrected chi connectivity index (χ3v) is 5.69. The second-order valence-corrected chi connectivity index (χ2v) is 8.68. The van der Waals surface area contributed by atoms with Crippen LogP contribution in [0.15, 0.2) is 48.5 Å². The van der Waals surface area contributed by atoms with Crippen LogP contribution in [0.25, 0.3) is 0 Å². The van der Waals surface area contributed by atoms with Crippen molar-refractivity contribution in [2.24, 2.45) is 0 Å². The van der Waals surface area contributed by atoms with Crippen molar-refractivity contribution in [2.75, 3.05) is 13.1 Å². The van der Waals surface area contributed by atoms with Gasteiger partial charge in [0.15, 0.2) is 5.78 Å². The Morgan fingerprint density at radius 1 is 1.14 bits per heavy atom. The molecule has 0 aliphatic carbocycles. The number of ketones is 1. The molecular formula is C24H28N2O3. The summed E-state index contributed by atoms with van der Waals surface area (Å²) >= 11 is 0. The van der Waals surface area contributed by atoms with Crippen LogP contribution in [0, 0.1) is 0 Å². The number of nitrogens with zero attached hydrogens (tertiary/aromatic N) is 1. The van der Waals surface area contributed by atoms with Crippen LogP contribution in [-0.4, -0.2) is 41.3 Å². The smallest absolute Gasteiger partial charge is 0.251 e. The van der Waals surface area contributed by atoms with Crippen molar-refractivity contribution >= 4 is 11.7 Å². The number of piperidine rings is 1. The zero-order valence-corrected chi connectivity index (χ0v) is 17.1. The highest BCUT2D eigenvalue weighted by molar-refractivity contribution is 6.03. The van der Waals surface area contributed by atoms with Crippen LogP contribution in [0.3, 0.4) is 0 Å². The fourth-order valence-corrected chi connectivity index (χ4v) is 4.14. The molecule has 5 nitrogen and oxygen atoms in total. The van der Waals surface area contributed by atoms with Crippen LogP contribution in [0.1, 0.15) is 59.4 Å². The Kier molecular flexibility index (Phi) is 5.41. The van der Waals surface area contributed by atoms with Crippen molar-refractivity contribution < 1.29 is 14.3 Å². The maximum atomic E-state index is 12.7. The summed E-state index contributed by atoms with van der Waals surface area (Å²) in [5.74, 6) is 0.476. The van der Waals surface area contributed by atoms with E-state index in [1.54, 1.807) is 18.2 Å². The first-order chi connectivity index (χ1) is 13.9. The summed E-state index contributed by atoms with van der Waals surface area (Å²) < 4.78 is 5.88. The molecule has 0 unspecified atom stereocenters. The summed E-state index contributed by atoms with van der Waals surface area (Å²) in [4.78, 5) is 27.6. The number of carbonyl (C=O) groups is 2. The molecule has 2 aliphatic heterocycles. The second kappa shape index (κ2) is 7.99. The van der Waals surface area contributed by atoms with Gasteiger partial charge in [-0.25, -0.2) is 0 Å². The number of nitrogens with one attached hydrogen (secondary N) is 1. The molecule has 5 heteroatoms. The minimum Gasteiger partial charge on any atom is -0.487 e. The maximum Gasteiger partial charge on any atom is 0.251 e. The molecule has 4 rings (SSSR count). The Labute approximate surface area is 172 Å². The van der Waals surface area contributed by atoms with Crippen molar-refractivity contribution in [3.05, 3.63) is 65.2 Å². The normalized spacial score (nSPS) is 19.3. The predicted molar refractivity (Wildman–Crippen MR) is 112 cm³/mol. The van der Waals surface area contributed by atoms with Gasteiger partial charge in [-0.1, -0.05) is 30.3 Å². The van der Waals surface area contributed by atoms with E-state index in [9.17, 15) is 9.59 Å². The van der Waals surface area contributed by atoms with Crippen LogP contribution in [0.2, 0.25) is 0 Å². The van der Waals surface area contributed by atoms with E-state index in [1.165, 1.54) is 5.56 Å². The van der Waals surface area contributed by atoms with Crippen LogP contribution >= 0.6 is 0 Å². The number of amides is 1. The molecule has 1 saturated heterocycles. The average molecular weight is 392 g/mol. The highest BCUT2D eigenvalue weighted by Gasteiger charge is 2.33. The van der Waals surface area contributed by atoms with Gasteiger partial charge in [0.25, 0.3) is 5.91 Å². The lowest BCUT2D eigenvalue weighted by atomic mass is 9.92. The Balaban J connectivity index is 1.34. The fraction of sp³-hybridized carbons (Fsp3) is 0.417. The average Bonchev–Trinajstić information content (AvgIpc) is 2.69. The van der Waals surface area contributed by atoms with Crippen molar-refractivity contribution in [3.8, 4) is 5.75 Å². The molecule has 1 fully saturated rings. The number of hydrogen-bond acceptors (Lipinski definition) is 4. The van der Waals surface area contributed by atoms with Gasteiger partial charge in [-0.15, -0.1) is 0 Å². The summed E-state index contributed by atoms with van der Waals surface area (Å²) in [7, 11) is 0. The lowest BCUT2D eigenvalue weighted by Gasteiger charge is -2.33. The standard InChI is InChI=1S/C24H28N2O3/c1-24(2)15-21(27)20-14-18(8-9-22(20)29-24)23(28)25-19-10-12-26(13-11-19)16-17-6-4-3-5-7-17/h3-9,14,19H,10-13,15-16H2,1-2H3,(H,25,28). The Morgan fingerprint density at radius 2 is 1.86 bits per heavy atom. The molecule has 0 atom stereocenters. The lowest BCUT2D eigenvalue weighted by molar-refractivity contribution is 0.0620. The van der Waals surface area contributed by atoms with Gasteiger partial charge in [-0.05, 0) is 50.5 Å². The summed E-state index contributed by atoms with van der Waals surface area (Å²) in [6, 6.07) is 15.8. The molecule has 1 amide bonds. The monoisotopic (exact) mass is 392 g/mol. The van der Waals surface area contributed by atoms with E-state index in [-0.39, 0.29) is 17.7 Å². The van der Waals surface area contributed by atoms with Gasteiger partial charge in [0.2, 0.25) is 0 Å². The highest BCUT2D eigenvalue weighted by atomic mass is 16.5. The van der Waals surface area contributed by atoms with E-state index >= 15 is 0 Å². The predicted octanol–water partition coefficient (Wildman–Crippen LogP) is 3.82. The first-order valence-electron chi connectivity index (χ1n) is 10.3. The van der Waals surface area contributed by atoms with Gasteiger partial charge in [0.05, 0.1) is 12.0 Å². The zero-order chi connectivity index (χ0) is 20.4. The van der Waals surface area contributed by atoms with Gasteiger partial charge in [-0.2, -0.15) is 0 Å². The fourth-order valence-electron chi connectivity index (χ4n) is 4.14. The van der Waals surface area contributed by atoms with Crippen LogP contribution in [-0.2, 0) is 6.54 Å². The first kappa shape index (κ1) is 19.6. The number of rotatable bonds is 4. The van der Waals surface area contributed by atoms with E-state index in [2.05, 4.69) is 34.5 Å². The van der Waals surface area contributed by atoms with E-state index in [0.717, 1.165) is 32.5 Å². The van der Waals surface area contributed by atoms with Crippen LogP contribution in [0.4, 0.5) is 0 Å². The molecule has 2 heterocycles. The molecule has 0 bridgehead atoms. The molecule has 2 aromatic carbocycles. The van der Waals surface area contributed by atoms with Gasteiger partial charge in [-0.3, -0.25) is 14.5 Å². The van der Waals surface area contributed by atoms with Crippen molar-refractivity contribution in [1.29, 1.82) is 0 Å². The summed E-state index contributed by atoms with van der Waals surface area (Å²) in [5.41, 5.74) is 1.85. The molecule has 29 heavy (non-hydrogen) atoms. The van der Waals surface area contributed by atoms with Gasteiger partial charge in [0, 0.05) is 31.2 Å². The largest absolute Gasteiger partial charge is 0.487 e. The molecule has 152 valence electrons. The second-order valence-electron chi connectivity index (χ2n) is 8.68. The van der Waals surface area contributed by atoms with Gasteiger partial charge >= 0.3 is 0 Å². The topological polar surface area (TPSA) is 58.6 Å². The number of carbonyl (C=O) groups excluding carboxylic acids is 2. The Morgan fingerprint density at radius 3 is 2.59 bits per heavy atom. The minimum atomic E-state index is -0.498. The van der Waals surface area contributed by atoms with Crippen molar-refractivity contribution in [3.63, 3.8) is 0 Å². The van der Waals surface area contributed by atoms with E-state index in [4.69, 9.17) is 4.74 Å². The molecule has 2 aliphatic rings. The number of hydrogen-bond donors (Lipinski definition) is 1. The third kappa shape index (κ3) is 4.67. The van der Waals surface area contributed by atoms with Crippen molar-refractivity contribution in [1.82, 2.24) is 10.2 Å². The van der Waals surface area contributed by atoms with Gasteiger partial charge < -0.3 is 10.1 Å². The lowest BCUT2D eigenvalue weighted by Crippen LogP contribution is -2.44. The maximum absolute atomic E-state index is 12.7. The molecule has 0 saturated carbocycles. The Bertz CT molecular complexity index is 900. The minimum absolute atomic E-state index is 0.0279. The van der Waals surface area contributed by atoms with Crippen LogP contribution in [0.5, 0.6) is 5.75 Å². The number of likely N-dealkylation sites (tertiary alicyclic amines) is 1. The zero-order valence-electron chi connectivity index (χ0n) is 17.1. The quantitative estimate of drug-likeness (QED) is 0.859. The summed E-state index contributed by atoms with van der Waals surface area (Å²) in [6.07, 6.45) is 2.18. The first-order valence-corrected chi connectivity index (χ1v) is 10.3. The Hall–Kier alpha value is -2.66. The number of fused-ring (bicyclic) bond motifs is 1. The van der Waals surface area contributed by atoms with Crippen molar-refractivity contribution in [2.45, 2.75) is 51.3 Å². The SMILES string of the molecule is CC1(C)CC(=O)c2cc(C(=O)NC3CCN(Cc4ccccc4)CC3)ccc2O1. The molecular weight excluding hydrogens is 364 g/mol. The summed E-state index contributed by atoms with van der Waals surface area (Å²) in [5, 5.41) is 3.14. The van der Waals surface area contributed by atoms with E-state index < -0.39 is 5.60 Å². The number of ether oxygens (including phenoxy) is 1. The molecule has 0 aromatic heterocycles. The molecule has 1 N–H and O–H groups in total. The highest BCUT2D eigenvalue weighted by Crippen LogP contribution is 2.33. The van der Waals surface area contributed by atoms with Gasteiger partial charge in [0.1, 0.15) is 11.4 Å². The molecule has 0 spiro atoms. The number of Topliss-reactive ketones (excluding diaryl/α,β-unsaturated/α-hetero) is 1. The summed E-state index contributed by atoms with van der Waals surface area (Å²) in [6.45, 7) is 6.68. The number of benzene rings is 2. The van der Waals surface area contributed by atoms with Crippen LogP contribution < -0.4 is 10.1 Å². The molecule has 0 radical (unpaired) electrons. The third-order valence-electron chi connectivity index (χ3n) is 5.69. The molecule has 2 aromatic rings.